The number of hydrogen-bond acceptors (Lipinski definition) is 5. The van der Waals surface area contributed by atoms with Crippen LogP contribution in [0.1, 0.15) is 251 Å². The van der Waals surface area contributed by atoms with Crippen molar-refractivity contribution in [2.24, 2.45) is 0 Å². The van der Waals surface area contributed by atoms with Gasteiger partial charge in [-0.15, -0.1) is 0 Å². The Bertz CT molecular complexity index is 1330. The van der Waals surface area contributed by atoms with Crippen LogP contribution in [0.5, 0.6) is 0 Å². The zero-order valence-corrected chi connectivity index (χ0v) is 43.6. The summed E-state index contributed by atoms with van der Waals surface area (Å²) < 4.78 is 10.7. The first-order valence-corrected chi connectivity index (χ1v) is 27.9. The Morgan fingerprint density at radius 2 is 0.642 bits per heavy atom. The van der Waals surface area contributed by atoms with Gasteiger partial charge in [0.25, 0.3) is 0 Å². The smallest absolute Gasteiger partial charge is 0.306 e. The molecule has 0 aliphatic heterocycles. The molecular formula is C62H104O5. The maximum atomic E-state index is 12.3. The fraction of sp³-hybridized carbons (Fsp3) is 0.677. The van der Waals surface area contributed by atoms with Gasteiger partial charge in [0.05, 0.1) is 6.61 Å². The highest BCUT2D eigenvalue weighted by Gasteiger charge is 2.16. The predicted molar refractivity (Wildman–Crippen MR) is 292 cm³/mol. The van der Waals surface area contributed by atoms with Crippen LogP contribution in [0.2, 0.25) is 0 Å². The number of hydrogen-bond donors (Lipinski definition) is 1. The second kappa shape index (κ2) is 56.9. The van der Waals surface area contributed by atoms with Crippen molar-refractivity contribution in [2.75, 3.05) is 13.2 Å². The number of aliphatic hydroxyl groups is 1. The summed E-state index contributed by atoms with van der Waals surface area (Å²) in [4.78, 5) is 24.5. The Morgan fingerprint density at radius 3 is 0.970 bits per heavy atom. The van der Waals surface area contributed by atoms with Crippen molar-refractivity contribution in [3.63, 3.8) is 0 Å². The maximum Gasteiger partial charge on any atom is 0.306 e. The van der Waals surface area contributed by atoms with Crippen molar-refractivity contribution in [3.05, 3.63) is 109 Å². The second-order valence-corrected chi connectivity index (χ2v) is 18.3. The van der Waals surface area contributed by atoms with E-state index in [2.05, 4.69) is 123 Å². The molecule has 0 fully saturated rings. The summed E-state index contributed by atoms with van der Waals surface area (Å²) in [6.45, 7) is 4.00. The SMILES string of the molecule is CC/C=C\C/C=C\C/C=C\C/C=C\C/C=C\C/C=C\C/C=C\CCCCCCCCCCCCCCCCCC(=O)OC(CO)COC(=O)CCCCCCC/C=C\C/C=C\CCCCCC. The lowest BCUT2D eigenvalue weighted by atomic mass is 10.0. The zero-order valence-electron chi connectivity index (χ0n) is 43.6. The summed E-state index contributed by atoms with van der Waals surface area (Å²) in [6.07, 6.45) is 82.0. The molecule has 5 heteroatoms. The minimum absolute atomic E-state index is 0.0762. The van der Waals surface area contributed by atoms with Crippen LogP contribution in [0.3, 0.4) is 0 Å². The van der Waals surface area contributed by atoms with Crippen molar-refractivity contribution >= 4 is 11.9 Å². The molecule has 0 saturated carbocycles. The van der Waals surface area contributed by atoms with Crippen LogP contribution in [-0.4, -0.2) is 36.4 Å². The van der Waals surface area contributed by atoms with Gasteiger partial charge in [-0.25, -0.2) is 0 Å². The van der Waals surface area contributed by atoms with Crippen molar-refractivity contribution in [3.8, 4) is 0 Å². The molecule has 1 atom stereocenters. The van der Waals surface area contributed by atoms with E-state index in [1.807, 2.05) is 0 Å². The van der Waals surface area contributed by atoms with Gasteiger partial charge in [-0.3, -0.25) is 9.59 Å². The number of rotatable bonds is 50. The van der Waals surface area contributed by atoms with E-state index >= 15 is 0 Å². The van der Waals surface area contributed by atoms with Gasteiger partial charge >= 0.3 is 11.9 Å². The van der Waals surface area contributed by atoms with E-state index in [-0.39, 0.29) is 25.2 Å². The van der Waals surface area contributed by atoms with Gasteiger partial charge < -0.3 is 14.6 Å². The summed E-state index contributed by atoms with van der Waals surface area (Å²) in [5.74, 6) is -0.606. The summed E-state index contributed by atoms with van der Waals surface area (Å²) in [5.41, 5.74) is 0. The maximum absolute atomic E-state index is 12.3. The summed E-state index contributed by atoms with van der Waals surface area (Å²) >= 11 is 0. The van der Waals surface area contributed by atoms with Gasteiger partial charge in [-0.1, -0.05) is 245 Å². The Morgan fingerprint density at radius 1 is 0.358 bits per heavy atom. The van der Waals surface area contributed by atoms with Crippen LogP contribution in [0.15, 0.2) is 109 Å². The Kier molecular flexibility index (Phi) is 54.0. The van der Waals surface area contributed by atoms with Crippen molar-refractivity contribution in [1.29, 1.82) is 0 Å². The highest BCUT2D eigenvalue weighted by molar-refractivity contribution is 5.70. The van der Waals surface area contributed by atoms with Gasteiger partial charge in [0, 0.05) is 12.8 Å². The Hall–Kier alpha value is -3.44. The second-order valence-electron chi connectivity index (χ2n) is 18.3. The van der Waals surface area contributed by atoms with Crippen molar-refractivity contribution in [1.82, 2.24) is 0 Å². The van der Waals surface area contributed by atoms with Crippen molar-refractivity contribution in [2.45, 2.75) is 258 Å². The lowest BCUT2D eigenvalue weighted by Gasteiger charge is -2.15. The number of carbonyl (C=O) groups is 2. The topological polar surface area (TPSA) is 72.8 Å². The molecule has 0 radical (unpaired) electrons. The molecule has 0 bridgehead atoms. The van der Waals surface area contributed by atoms with Crippen LogP contribution >= 0.6 is 0 Å². The average Bonchev–Trinajstić information content (AvgIpc) is 3.33. The molecule has 0 heterocycles. The molecule has 1 N–H and O–H groups in total. The van der Waals surface area contributed by atoms with E-state index in [0.29, 0.717) is 12.8 Å². The van der Waals surface area contributed by atoms with E-state index in [9.17, 15) is 14.7 Å². The van der Waals surface area contributed by atoms with Crippen LogP contribution in [0.4, 0.5) is 0 Å². The molecule has 5 nitrogen and oxygen atoms in total. The first kappa shape index (κ1) is 63.6. The molecule has 0 aliphatic carbocycles. The molecule has 0 saturated heterocycles. The third-order valence-electron chi connectivity index (χ3n) is 11.8. The Labute approximate surface area is 414 Å². The van der Waals surface area contributed by atoms with E-state index in [1.165, 1.54) is 128 Å². The number of carbonyl (C=O) groups excluding carboxylic acids is 2. The number of esters is 2. The summed E-state index contributed by atoms with van der Waals surface area (Å²) in [6, 6.07) is 0. The third-order valence-corrected chi connectivity index (χ3v) is 11.8. The third kappa shape index (κ3) is 55.0. The lowest BCUT2D eigenvalue weighted by molar-refractivity contribution is -0.161. The standard InChI is InChI=1S/C62H104O5/c1-3-5-7-9-11-13-15-17-19-21-22-23-24-25-26-27-28-29-30-31-32-33-34-35-36-37-38-39-40-41-43-45-47-49-51-53-55-57-62(65)67-60(58-63)59-66-61(64)56-54-52-50-48-46-44-42-20-18-16-14-12-10-8-6-4-2/h5,7,11,13-14,16-17,19-20,22-23,25-26,28-29,31-32,42,60,63H,3-4,6,8-10,12,15,18,21,24,27,30,33-41,43-59H2,1-2H3/b7-5-,13-11-,16-14-,19-17-,23-22-,26-25-,29-28-,32-31-,42-20-. The first-order chi connectivity index (χ1) is 33.1. The summed E-state index contributed by atoms with van der Waals surface area (Å²) in [5, 5.41) is 9.63. The lowest BCUT2D eigenvalue weighted by Crippen LogP contribution is -2.28. The number of allylic oxidation sites excluding steroid dienone is 18. The van der Waals surface area contributed by atoms with E-state index in [1.54, 1.807) is 0 Å². The number of ether oxygens (including phenoxy) is 2. The van der Waals surface area contributed by atoms with Crippen LogP contribution in [-0.2, 0) is 19.1 Å². The minimum atomic E-state index is -0.783. The van der Waals surface area contributed by atoms with E-state index < -0.39 is 6.10 Å². The zero-order chi connectivity index (χ0) is 48.5. The molecule has 0 amide bonds. The number of unbranched alkanes of at least 4 members (excludes halogenated alkanes) is 24. The fourth-order valence-corrected chi connectivity index (χ4v) is 7.62. The molecule has 0 aliphatic rings. The molecule has 0 aromatic heterocycles. The van der Waals surface area contributed by atoms with Gasteiger partial charge in [0.1, 0.15) is 6.61 Å². The summed E-state index contributed by atoms with van der Waals surface area (Å²) in [7, 11) is 0. The highest BCUT2D eigenvalue weighted by Crippen LogP contribution is 2.15. The highest BCUT2D eigenvalue weighted by atomic mass is 16.6. The van der Waals surface area contributed by atoms with Crippen LogP contribution < -0.4 is 0 Å². The van der Waals surface area contributed by atoms with Crippen LogP contribution in [0, 0.1) is 0 Å². The van der Waals surface area contributed by atoms with Crippen molar-refractivity contribution < 1.29 is 24.2 Å². The fourth-order valence-electron chi connectivity index (χ4n) is 7.62. The van der Waals surface area contributed by atoms with Crippen LogP contribution in [0.25, 0.3) is 0 Å². The normalized spacial score (nSPS) is 13.1. The average molecular weight is 930 g/mol. The monoisotopic (exact) mass is 929 g/mol. The largest absolute Gasteiger partial charge is 0.462 e. The van der Waals surface area contributed by atoms with Gasteiger partial charge in [0.15, 0.2) is 6.10 Å². The Balaban J connectivity index is 3.52. The minimum Gasteiger partial charge on any atom is -0.462 e. The van der Waals surface area contributed by atoms with E-state index in [0.717, 1.165) is 96.3 Å². The molecule has 0 aromatic carbocycles. The quantitative estimate of drug-likeness (QED) is 0.0374. The first-order valence-electron chi connectivity index (χ1n) is 27.9. The molecule has 1 unspecified atom stereocenters. The molecule has 0 rings (SSSR count). The molecule has 0 spiro atoms. The van der Waals surface area contributed by atoms with Gasteiger partial charge in [0.2, 0.25) is 0 Å². The van der Waals surface area contributed by atoms with Gasteiger partial charge in [-0.2, -0.15) is 0 Å². The molecule has 67 heavy (non-hydrogen) atoms. The molecular weight excluding hydrogens is 825 g/mol. The number of aliphatic hydroxyl groups excluding tert-OH is 1. The predicted octanol–water partition coefficient (Wildman–Crippen LogP) is 18.9. The van der Waals surface area contributed by atoms with Gasteiger partial charge in [-0.05, 0) is 103 Å². The molecule has 0 aromatic rings. The van der Waals surface area contributed by atoms with E-state index in [4.69, 9.17) is 9.47 Å². The molecule has 382 valence electrons.